The lowest BCUT2D eigenvalue weighted by Gasteiger charge is -2.29. The molecule has 3 rings (SSSR count). The van der Waals surface area contributed by atoms with Crippen LogP contribution in [-0.2, 0) is 13.0 Å². The standard InChI is InChI=1S/C21H23N3O4/c1-4-7-23-20(25)15-5-8-22-17(10-15)21(26)24-9-6-14-11-18(27-2)19(28-3)12-16(14)13-24/h4-5,8,10-12H,1,6-7,9,13H2,2-3H3,(H,23,25). The summed E-state index contributed by atoms with van der Waals surface area (Å²) >= 11 is 0. The van der Waals surface area contributed by atoms with Gasteiger partial charge in [-0.25, -0.2) is 0 Å². The van der Waals surface area contributed by atoms with Gasteiger partial charge >= 0.3 is 0 Å². The average Bonchev–Trinajstić information content (AvgIpc) is 2.75. The number of pyridine rings is 1. The number of methoxy groups -OCH3 is 2. The number of nitrogens with one attached hydrogen (secondary N) is 1. The molecule has 28 heavy (non-hydrogen) atoms. The van der Waals surface area contributed by atoms with Crippen LogP contribution in [0.5, 0.6) is 11.5 Å². The van der Waals surface area contributed by atoms with E-state index in [4.69, 9.17) is 9.47 Å². The first-order chi connectivity index (χ1) is 13.6. The SMILES string of the molecule is C=CCNC(=O)c1ccnc(C(=O)N2CCc3cc(OC)c(OC)cc3C2)c1. The number of amides is 2. The molecule has 1 aromatic carbocycles. The number of benzene rings is 1. The molecule has 146 valence electrons. The summed E-state index contributed by atoms with van der Waals surface area (Å²) in [6, 6.07) is 6.96. The van der Waals surface area contributed by atoms with Gasteiger partial charge in [-0.1, -0.05) is 6.08 Å². The van der Waals surface area contributed by atoms with E-state index in [1.54, 1.807) is 31.3 Å². The van der Waals surface area contributed by atoms with Crippen LogP contribution in [0.25, 0.3) is 0 Å². The molecule has 0 spiro atoms. The van der Waals surface area contributed by atoms with Gasteiger partial charge in [0.05, 0.1) is 14.2 Å². The topological polar surface area (TPSA) is 80.8 Å². The lowest BCUT2D eigenvalue weighted by atomic mass is 9.98. The van der Waals surface area contributed by atoms with Crippen LogP contribution in [0.15, 0.2) is 43.1 Å². The largest absolute Gasteiger partial charge is 0.493 e. The van der Waals surface area contributed by atoms with Crippen molar-refractivity contribution in [1.29, 1.82) is 0 Å². The van der Waals surface area contributed by atoms with Crippen LogP contribution in [0, 0.1) is 0 Å². The molecule has 7 nitrogen and oxygen atoms in total. The van der Waals surface area contributed by atoms with Crippen LogP contribution in [-0.4, -0.2) is 49.0 Å². The minimum Gasteiger partial charge on any atom is -0.493 e. The van der Waals surface area contributed by atoms with Gasteiger partial charge in [0.2, 0.25) is 0 Å². The zero-order valence-electron chi connectivity index (χ0n) is 16.0. The molecular weight excluding hydrogens is 358 g/mol. The molecule has 0 fully saturated rings. The van der Waals surface area contributed by atoms with Gasteiger partial charge < -0.3 is 19.7 Å². The predicted octanol–water partition coefficient (Wildman–Crippen LogP) is 2.21. The van der Waals surface area contributed by atoms with Crippen molar-refractivity contribution in [3.8, 4) is 11.5 Å². The molecule has 0 bridgehead atoms. The van der Waals surface area contributed by atoms with Crippen molar-refractivity contribution in [3.63, 3.8) is 0 Å². The average molecular weight is 381 g/mol. The van der Waals surface area contributed by atoms with Crippen molar-refractivity contribution >= 4 is 11.8 Å². The van der Waals surface area contributed by atoms with E-state index < -0.39 is 0 Å². The Hall–Kier alpha value is -3.35. The Morgan fingerprint density at radius 1 is 1.21 bits per heavy atom. The highest BCUT2D eigenvalue weighted by molar-refractivity contribution is 5.98. The van der Waals surface area contributed by atoms with Crippen molar-refractivity contribution in [3.05, 3.63) is 65.5 Å². The molecule has 7 heteroatoms. The predicted molar refractivity (Wildman–Crippen MR) is 105 cm³/mol. The fourth-order valence-electron chi connectivity index (χ4n) is 3.17. The van der Waals surface area contributed by atoms with Gasteiger partial charge in [0.1, 0.15) is 5.69 Å². The first-order valence-corrected chi connectivity index (χ1v) is 8.95. The van der Waals surface area contributed by atoms with E-state index in [1.807, 2.05) is 12.1 Å². The Kier molecular flexibility index (Phi) is 5.93. The minimum absolute atomic E-state index is 0.209. The number of carbonyl (C=O) groups excluding carboxylic acids is 2. The molecule has 0 unspecified atom stereocenters. The van der Waals surface area contributed by atoms with Gasteiger partial charge in [0, 0.05) is 31.4 Å². The van der Waals surface area contributed by atoms with Gasteiger partial charge in [-0.2, -0.15) is 0 Å². The van der Waals surface area contributed by atoms with Crippen molar-refractivity contribution in [2.24, 2.45) is 0 Å². The van der Waals surface area contributed by atoms with Crippen LogP contribution in [0.3, 0.4) is 0 Å². The van der Waals surface area contributed by atoms with Crippen LogP contribution in [0.4, 0.5) is 0 Å². The molecule has 2 aromatic rings. The van der Waals surface area contributed by atoms with Crippen LogP contribution < -0.4 is 14.8 Å². The second-order valence-corrected chi connectivity index (χ2v) is 6.38. The van der Waals surface area contributed by atoms with Crippen molar-refractivity contribution in [2.75, 3.05) is 27.3 Å². The number of hydrogen-bond acceptors (Lipinski definition) is 5. The quantitative estimate of drug-likeness (QED) is 0.776. The Bertz CT molecular complexity index is 911. The molecule has 1 N–H and O–H groups in total. The highest BCUT2D eigenvalue weighted by Gasteiger charge is 2.25. The van der Waals surface area contributed by atoms with Crippen LogP contribution in [0.1, 0.15) is 32.0 Å². The number of ether oxygens (including phenoxy) is 2. The van der Waals surface area contributed by atoms with Crippen LogP contribution >= 0.6 is 0 Å². The molecule has 0 aliphatic carbocycles. The van der Waals surface area contributed by atoms with E-state index in [1.165, 1.54) is 12.3 Å². The molecule has 0 saturated carbocycles. The lowest BCUT2D eigenvalue weighted by Crippen LogP contribution is -2.36. The number of nitrogens with zero attached hydrogens (tertiary/aromatic N) is 2. The van der Waals surface area contributed by atoms with E-state index >= 15 is 0 Å². The summed E-state index contributed by atoms with van der Waals surface area (Å²) in [5, 5.41) is 2.70. The molecular formula is C21H23N3O4. The van der Waals surface area contributed by atoms with Gasteiger partial charge in [0.15, 0.2) is 11.5 Å². The highest BCUT2D eigenvalue weighted by atomic mass is 16.5. The van der Waals surface area contributed by atoms with E-state index in [2.05, 4.69) is 16.9 Å². The third kappa shape index (κ3) is 3.98. The second kappa shape index (κ2) is 8.56. The van der Waals surface area contributed by atoms with Gasteiger partial charge in [-0.3, -0.25) is 14.6 Å². The van der Waals surface area contributed by atoms with E-state index in [-0.39, 0.29) is 17.5 Å². The monoisotopic (exact) mass is 381 g/mol. The maximum atomic E-state index is 12.9. The van der Waals surface area contributed by atoms with E-state index in [9.17, 15) is 9.59 Å². The van der Waals surface area contributed by atoms with Crippen molar-refractivity contribution in [1.82, 2.24) is 15.2 Å². The third-order valence-electron chi connectivity index (χ3n) is 4.65. The zero-order chi connectivity index (χ0) is 20.1. The molecule has 0 saturated heterocycles. The Morgan fingerprint density at radius 3 is 2.61 bits per heavy atom. The molecule has 1 aliphatic rings. The smallest absolute Gasteiger partial charge is 0.272 e. The minimum atomic E-state index is -0.267. The van der Waals surface area contributed by atoms with Gasteiger partial charge in [0.25, 0.3) is 11.8 Å². The fourth-order valence-corrected chi connectivity index (χ4v) is 3.17. The maximum Gasteiger partial charge on any atom is 0.272 e. The third-order valence-corrected chi connectivity index (χ3v) is 4.65. The van der Waals surface area contributed by atoms with E-state index in [0.29, 0.717) is 43.1 Å². The number of aromatic nitrogens is 1. The summed E-state index contributed by atoms with van der Waals surface area (Å²) < 4.78 is 10.7. The Morgan fingerprint density at radius 2 is 1.93 bits per heavy atom. The van der Waals surface area contributed by atoms with Crippen LogP contribution in [0.2, 0.25) is 0 Å². The molecule has 0 radical (unpaired) electrons. The molecule has 1 aliphatic heterocycles. The molecule has 2 heterocycles. The lowest BCUT2D eigenvalue weighted by molar-refractivity contribution is 0.0728. The number of fused-ring (bicyclic) bond motifs is 1. The summed E-state index contributed by atoms with van der Waals surface area (Å²) in [6.45, 7) is 4.94. The summed E-state index contributed by atoms with van der Waals surface area (Å²) in [5.74, 6) is 0.839. The first-order valence-electron chi connectivity index (χ1n) is 8.95. The summed E-state index contributed by atoms with van der Waals surface area (Å²) in [7, 11) is 3.19. The number of hydrogen-bond donors (Lipinski definition) is 1. The summed E-state index contributed by atoms with van der Waals surface area (Å²) in [4.78, 5) is 30.9. The summed E-state index contributed by atoms with van der Waals surface area (Å²) in [5.41, 5.74) is 2.78. The highest BCUT2D eigenvalue weighted by Crippen LogP contribution is 2.33. The Labute approximate surface area is 164 Å². The van der Waals surface area contributed by atoms with Crippen molar-refractivity contribution < 1.29 is 19.1 Å². The number of carbonyl (C=O) groups is 2. The normalized spacial score (nSPS) is 12.7. The molecule has 2 amide bonds. The van der Waals surface area contributed by atoms with Crippen molar-refractivity contribution in [2.45, 2.75) is 13.0 Å². The number of rotatable bonds is 6. The molecule has 1 aromatic heterocycles. The van der Waals surface area contributed by atoms with Gasteiger partial charge in [-0.05, 0) is 41.8 Å². The molecule has 0 atom stereocenters. The fraction of sp³-hybridized carbons (Fsp3) is 0.286. The summed E-state index contributed by atoms with van der Waals surface area (Å²) in [6.07, 6.45) is 3.78. The first kappa shape index (κ1) is 19.4. The maximum absolute atomic E-state index is 12.9. The van der Waals surface area contributed by atoms with Gasteiger partial charge in [-0.15, -0.1) is 6.58 Å². The van der Waals surface area contributed by atoms with E-state index in [0.717, 1.165) is 11.1 Å². The Balaban J connectivity index is 1.79. The second-order valence-electron chi connectivity index (χ2n) is 6.38. The zero-order valence-corrected chi connectivity index (χ0v) is 16.0.